The lowest BCUT2D eigenvalue weighted by Crippen LogP contribution is -2.07. The van der Waals surface area contributed by atoms with Crippen molar-refractivity contribution in [1.82, 2.24) is 0 Å². The molecule has 31 heavy (non-hydrogen) atoms. The number of ether oxygens (including phenoxy) is 3. The highest BCUT2D eigenvalue weighted by Crippen LogP contribution is 2.38. The summed E-state index contributed by atoms with van der Waals surface area (Å²) in [6.45, 7) is 2.05. The van der Waals surface area contributed by atoms with Gasteiger partial charge in [0.25, 0.3) is 0 Å². The summed E-state index contributed by atoms with van der Waals surface area (Å²) in [7, 11) is 3.01. The van der Waals surface area contributed by atoms with Crippen LogP contribution in [0.25, 0.3) is 16.5 Å². The highest BCUT2D eigenvalue weighted by atomic mass is 35.5. The van der Waals surface area contributed by atoms with E-state index in [1.807, 2.05) is 11.4 Å². The van der Waals surface area contributed by atoms with Gasteiger partial charge in [-0.1, -0.05) is 23.7 Å². The fourth-order valence-corrected chi connectivity index (χ4v) is 4.23. The van der Waals surface area contributed by atoms with E-state index in [1.165, 1.54) is 31.6 Å². The standard InChI is InChI=1S/C24H21ClO5S/c1-4-30-21(26)11-8-15-12-13-31-24(15)17-10-9-16(25)14-19(17)22(27)18-6-5-7-20(28-2)23(18)29-3/h5-14H,4H2,1-3H3/b11-8+. The lowest BCUT2D eigenvalue weighted by molar-refractivity contribution is -0.137. The molecule has 0 saturated heterocycles. The van der Waals surface area contributed by atoms with Gasteiger partial charge in [0.15, 0.2) is 17.3 Å². The van der Waals surface area contributed by atoms with Crippen molar-refractivity contribution in [3.05, 3.63) is 75.6 Å². The van der Waals surface area contributed by atoms with Crippen molar-refractivity contribution in [2.24, 2.45) is 0 Å². The second-order valence-corrected chi connectivity index (χ2v) is 7.70. The average molecular weight is 457 g/mol. The molecule has 0 spiro atoms. The number of hydrogen-bond acceptors (Lipinski definition) is 6. The number of esters is 1. The van der Waals surface area contributed by atoms with Gasteiger partial charge in [-0.3, -0.25) is 4.79 Å². The topological polar surface area (TPSA) is 61.8 Å². The molecule has 0 bridgehead atoms. The number of thiophene rings is 1. The van der Waals surface area contributed by atoms with Crippen LogP contribution >= 0.6 is 22.9 Å². The predicted molar refractivity (Wildman–Crippen MR) is 123 cm³/mol. The van der Waals surface area contributed by atoms with E-state index >= 15 is 0 Å². The van der Waals surface area contributed by atoms with Gasteiger partial charge in [-0.2, -0.15) is 0 Å². The van der Waals surface area contributed by atoms with Crippen LogP contribution in [0.3, 0.4) is 0 Å². The summed E-state index contributed by atoms with van der Waals surface area (Å²) in [5.41, 5.74) is 2.29. The van der Waals surface area contributed by atoms with Crippen molar-refractivity contribution in [3.8, 4) is 21.9 Å². The van der Waals surface area contributed by atoms with Crippen LogP contribution in [0.15, 0.2) is 53.9 Å². The quantitative estimate of drug-likeness (QED) is 0.240. The van der Waals surface area contributed by atoms with E-state index < -0.39 is 5.97 Å². The van der Waals surface area contributed by atoms with Crippen LogP contribution in [0.2, 0.25) is 5.02 Å². The van der Waals surface area contributed by atoms with Crippen LogP contribution in [0.1, 0.15) is 28.4 Å². The number of ketones is 1. The highest BCUT2D eigenvalue weighted by Gasteiger charge is 2.22. The van der Waals surface area contributed by atoms with Gasteiger partial charge in [0.1, 0.15) is 0 Å². The molecule has 0 atom stereocenters. The molecule has 0 aliphatic heterocycles. The molecule has 0 unspecified atom stereocenters. The first-order valence-electron chi connectivity index (χ1n) is 9.48. The van der Waals surface area contributed by atoms with Gasteiger partial charge < -0.3 is 14.2 Å². The summed E-state index contributed by atoms with van der Waals surface area (Å²) in [4.78, 5) is 26.1. The monoisotopic (exact) mass is 456 g/mol. The summed E-state index contributed by atoms with van der Waals surface area (Å²) >= 11 is 7.70. The molecule has 0 saturated carbocycles. The molecule has 3 rings (SSSR count). The third kappa shape index (κ3) is 4.98. The van der Waals surface area contributed by atoms with Crippen molar-refractivity contribution in [2.45, 2.75) is 6.92 Å². The highest BCUT2D eigenvalue weighted by molar-refractivity contribution is 7.14. The molecule has 2 aromatic carbocycles. The van der Waals surface area contributed by atoms with Gasteiger partial charge in [-0.25, -0.2) is 4.79 Å². The average Bonchev–Trinajstić information content (AvgIpc) is 3.25. The summed E-state index contributed by atoms with van der Waals surface area (Å²) in [6.07, 6.45) is 3.05. The predicted octanol–water partition coefficient (Wildman–Crippen LogP) is 5.89. The van der Waals surface area contributed by atoms with Crippen LogP contribution in [-0.4, -0.2) is 32.6 Å². The fraction of sp³-hybridized carbons (Fsp3) is 0.167. The molecule has 0 amide bonds. The van der Waals surface area contributed by atoms with Crippen molar-refractivity contribution in [3.63, 3.8) is 0 Å². The van der Waals surface area contributed by atoms with E-state index in [0.717, 1.165) is 10.4 Å². The first-order valence-corrected chi connectivity index (χ1v) is 10.7. The van der Waals surface area contributed by atoms with Crippen molar-refractivity contribution < 1.29 is 23.8 Å². The molecule has 1 aromatic heterocycles. The van der Waals surface area contributed by atoms with Gasteiger partial charge in [0.05, 0.1) is 26.4 Å². The summed E-state index contributed by atoms with van der Waals surface area (Å²) in [6, 6.07) is 12.2. The SMILES string of the molecule is CCOC(=O)/C=C/c1ccsc1-c1ccc(Cl)cc1C(=O)c1cccc(OC)c1OC. The molecule has 0 fully saturated rings. The zero-order valence-corrected chi connectivity index (χ0v) is 18.9. The number of benzene rings is 2. The maximum atomic E-state index is 13.5. The minimum absolute atomic E-state index is 0.248. The van der Waals surface area contributed by atoms with Crippen LogP contribution in [0.5, 0.6) is 11.5 Å². The van der Waals surface area contributed by atoms with Gasteiger partial charge in [-0.05, 0) is 54.3 Å². The zero-order chi connectivity index (χ0) is 22.4. The van der Waals surface area contributed by atoms with Crippen LogP contribution < -0.4 is 9.47 Å². The molecule has 5 nitrogen and oxygen atoms in total. The maximum Gasteiger partial charge on any atom is 0.330 e. The van der Waals surface area contributed by atoms with Crippen molar-refractivity contribution >= 4 is 40.8 Å². The van der Waals surface area contributed by atoms with Crippen molar-refractivity contribution in [1.29, 1.82) is 0 Å². The summed E-state index contributed by atoms with van der Waals surface area (Å²) < 4.78 is 15.7. The van der Waals surface area contributed by atoms with Crippen LogP contribution in [0.4, 0.5) is 0 Å². The molecular formula is C24H21ClO5S. The Bertz CT molecular complexity index is 1130. The minimum Gasteiger partial charge on any atom is -0.493 e. The Morgan fingerprint density at radius 1 is 1.06 bits per heavy atom. The fourth-order valence-electron chi connectivity index (χ4n) is 3.13. The molecule has 3 aromatic rings. The van der Waals surface area contributed by atoms with Crippen LogP contribution in [-0.2, 0) is 9.53 Å². The van der Waals surface area contributed by atoms with E-state index in [9.17, 15) is 9.59 Å². The third-order valence-corrected chi connectivity index (χ3v) is 5.70. The first-order chi connectivity index (χ1) is 15.0. The van der Waals surface area contributed by atoms with Crippen molar-refractivity contribution in [2.75, 3.05) is 20.8 Å². The van der Waals surface area contributed by atoms with E-state index in [2.05, 4.69) is 0 Å². The molecule has 1 heterocycles. The van der Waals surface area contributed by atoms with E-state index in [0.29, 0.717) is 39.8 Å². The molecule has 0 aliphatic rings. The number of rotatable bonds is 8. The zero-order valence-electron chi connectivity index (χ0n) is 17.3. The number of para-hydroxylation sites is 1. The van der Waals surface area contributed by atoms with Gasteiger partial charge in [0, 0.05) is 27.1 Å². The largest absolute Gasteiger partial charge is 0.493 e. The number of carbonyl (C=O) groups excluding carboxylic acids is 2. The van der Waals surface area contributed by atoms with E-state index in [-0.39, 0.29) is 5.78 Å². The lowest BCUT2D eigenvalue weighted by atomic mass is 9.95. The molecule has 160 valence electrons. The minimum atomic E-state index is -0.423. The molecular weight excluding hydrogens is 436 g/mol. The number of carbonyl (C=O) groups is 2. The molecule has 0 N–H and O–H groups in total. The molecule has 7 heteroatoms. The van der Waals surface area contributed by atoms with E-state index in [1.54, 1.807) is 49.4 Å². The van der Waals surface area contributed by atoms with Gasteiger partial charge in [-0.15, -0.1) is 11.3 Å². The Hall–Kier alpha value is -3.09. The number of hydrogen-bond donors (Lipinski definition) is 0. The Labute approximate surface area is 189 Å². The summed E-state index contributed by atoms with van der Waals surface area (Å²) in [5, 5.41) is 2.34. The summed E-state index contributed by atoms with van der Waals surface area (Å²) in [5.74, 6) is 0.149. The number of methoxy groups -OCH3 is 2. The lowest BCUT2D eigenvalue weighted by Gasteiger charge is -2.14. The Balaban J connectivity index is 2.10. The first kappa shape index (κ1) is 22.6. The molecule has 0 radical (unpaired) electrons. The van der Waals surface area contributed by atoms with Crippen LogP contribution in [0, 0.1) is 0 Å². The smallest absolute Gasteiger partial charge is 0.330 e. The normalized spacial score (nSPS) is 10.8. The Morgan fingerprint density at radius 3 is 2.58 bits per heavy atom. The second-order valence-electron chi connectivity index (χ2n) is 6.35. The third-order valence-electron chi connectivity index (χ3n) is 4.50. The Morgan fingerprint density at radius 2 is 1.87 bits per heavy atom. The maximum absolute atomic E-state index is 13.5. The Kier molecular flexibility index (Phi) is 7.50. The second kappa shape index (κ2) is 10.3. The number of halogens is 1. The van der Waals surface area contributed by atoms with Gasteiger partial charge in [0.2, 0.25) is 0 Å². The van der Waals surface area contributed by atoms with Gasteiger partial charge >= 0.3 is 5.97 Å². The molecule has 0 aliphatic carbocycles. The van der Waals surface area contributed by atoms with E-state index in [4.69, 9.17) is 25.8 Å².